The van der Waals surface area contributed by atoms with Gasteiger partial charge in [0.05, 0.1) is 0 Å². The molecular formula is C18H26ClF. The van der Waals surface area contributed by atoms with E-state index in [9.17, 15) is 4.39 Å². The van der Waals surface area contributed by atoms with E-state index in [1.54, 1.807) is 6.07 Å². The van der Waals surface area contributed by atoms with E-state index in [0.29, 0.717) is 11.8 Å². The van der Waals surface area contributed by atoms with Crippen molar-refractivity contribution in [1.29, 1.82) is 0 Å². The van der Waals surface area contributed by atoms with E-state index in [1.807, 2.05) is 13.8 Å². The molecule has 2 rings (SSSR count). The average Bonchev–Trinajstić information content (AvgIpc) is 2.25. The third-order valence-electron chi connectivity index (χ3n) is 5.04. The van der Waals surface area contributed by atoms with Crippen LogP contribution in [0.5, 0.6) is 0 Å². The van der Waals surface area contributed by atoms with Crippen LogP contribution in [0.1, 0.15) is 56.7 Å². The highest BCUT2D eigenvalue weighted by molar-refractivity contribution is 6.20. The molecule has 1 fully saturated rings. The molecule has 1 saturated carbocycles. The van der Waals surface area contributed by atoms with E-state index in [0.717, 1.165) is 29.5 Å². The van der Waals surface area contributed by atoms with Crippen LogP contribution in [0.25, 0.3) is 0 Å². The third-order valence-corrected chi connectivity index (χ3v) is 5.52. The van der Waals surface area contributed by atoms with Crippen LogP contribution in [0.2, 0.25) is 0 Å². The highest BCUT2D eigenvalue weighted by Crippen LogP contribution is 2.46. The van der Waals surface area contributed by atoms with Crippen LogP contribution in [0.15, 0.2) is 12.1 Å². The van der Waals surface area contributed by atoms with E-state index >= 15 is 0 Å². The van der Waals surface area contributed by atoms with Crippen LogP contribution in [0, 0.1) is 31.5 Å². The Balaban J connectivity index is 2.40. The smallest absolute Gasteiger partial charge is 0.127 e. The van der Waals surface area contributed by atoms with Crippen LogP contribution in [-0.4, -0.2) is 5.38 Å². The van der Waals surface area contributed by atoms with Crippen LogP contribution in [-0.2, 0) is 5.41 Å². The van der Waals surface area contributed by atoms with E-state index in [1.165, 1.54) is 6.42 Å². The Hall–Kier alpha value is -0.560. The fourth-order valence-electron chi connectivity index (χ4n) is 4.04. The van der Waals surface area contributed by atoms with Gasteiger partial charge in [0.15, 0.2) is 0 Å². The van der Waals surface area contributed by atoms with Crippen molar-refractivity contribution in [3.8, 4) is 0 Å². The summed E-state index contributed by atoms with van der Waals surface area (Å²) in [6.45, 7) is 10.5. The second-order valence-electron chi connectivity index (χ2n) is 7.20. The molecule has 0 bridgehead atoms. The van der Waals surface area contributed by atoms with Gasteiger partial charge < -0.3 is 0 Å². The van der Waals surface area contributed by atoms with Gasteiger partial charge >= 0.3 is 0 Å². The summed E-state index contributed by atoms with van der Waals surface area (Å²) in [7, 11) is 0. The van der Waals surface area contributed by atoms with Crippen LogP contribution < -0.4 is 0 Å². The van der Waals surface area contributed by atoms with E-state index in [2.05, 4.69) is 26.8 Å². The van der Waals surface area contributed by atoms with Crippen molar-refractivity contribution in [2.75, 3.05) is 0 Å². The minimum atomic E-state index is -0.214. The molecule has 1 aliphatic carbocycles. The third kappa shape index (κ3) is 2.88. The van der Waals surface area contributed by atoms with Gasteiger partial charge in [0.2, 0.25) is 0 Å². The molecule has 0 radical (unpaired) electrons. The zero-order valence-corrected chi connectivity index (χ0v) is 14.0. The van der Waals surface area contributed by atoms with Crippen molar-refractivity contribution in [3.63, 3.8) is 0 Å². The number of hydrogen-bond acceptors (Lipinski definition) is 0. The van der Waals surface area contributed by atoms with Crippen molar-refractivity contribution < 1.29 is 4.39 Å². The Morgan fingerprint density at radius 2 is 1.85 bits per heavy atom. The van der Waals surface area contributed by atoms with Gasteiger partial charge in [-0.25, -0.2) is 4.39 Å². The lowest BCUT2D eigenvalue weighted by atomic mass is 9.64. The molecule has 0 amide bonds. The Morgan fingerprint density at radius 3 is 2.40 bits per heavy atom. The molecule has 0 aliphatic heterocycles. The first-order chi connectivity index (χ1) is 9.23. The van der Waals surface area contributed by atoms with Crippen LogP contribution in [0.4, 0.5) is 4.39 Å². The lowest BCUT2D eigenvalue weighted by Gasteiger charge is -2.43. The van der Waals surface area contributed by atoms with Crippen LogP contribution >= 0.6 is 11.6 Å². The molecule has 0 aromatic heterocycles. The maximum Gasteiger partial charge on any atom is 0.127 e. The minimum absolute atomic E-state index is 0.0741. The number of benzene rings is 1. The maximum atomic E-state index is 14.5. The normalized spacial score (nSPS) is 27.6. The fourth-order valence-corrected chi connectivity index (χ4v) is 4.79. The van der Waals surface area contributed by atoms with Crippen molar-refractivity contribution >= 4 is 11.6 Å². The fraction of sp³-hybridized carbons (Fsp3) is 0.667. The summed E-state index contributed by atoms with van der Waals surface area (Å²) in [5.74, 6) is 0.958. The average molecular weight is 297 g/mol. The molecule has 1 aromatic rings. The summed E-state index contributed by atoms with van der Waals surface area (Å²) in [6.07, 6.45) is 3.33. The molecule has 3 atom stereocenters. The predicted molar refractivity (Wildman–Crippen MR) is 85.0 cm³/mol. The van der Waals surface area contributed by atoms with Gasteiger partial charge in [-0.15, -0.1) is 11.6 Å². The Morgan fingerprint density at radius 1 is 1.20 bits per heavy atom. The highest BCUT2D eigenvalue weighted by Gasteiger charge is 2.41. The van der Waals surface area contributed by atoms with Crippen molar-refractivity contribution in [3.05, 3.63) is 34.6 Å². The Kier molecular flexibility index (Phi) is 4.49. The van der Waals surface area contributed by atoms with Gasteiger partial charge in [-0.2, -0.15) is 0 Å². The number of rotatable bonds is 2. The molecule has 0 N–H and O–H groups in total. The molecule has 1 aliphatic rings. The molecule has 0 spiro atoms. The van der Waals surface area contributed by atoms with Crippen molar-refractivity contribution in [2.45, 2.75) is 64.7 Å². The van der Waals surface area contributed by atoms with E-state index < -0.39 is 0 Å². The lowest BCUT2D eigenvalue weighted by Crippen LogP contribution is -2.39. The quantitative estimate of drug-likeness (QED) is 0.608. The maximum absolute atomic E-state index is 14.5. The standard InChI is InChI=1S/C18H26ClF/c1-11-6-7-14(15(19)9-11)18(4,5)17-13(3)8-12(2)10-16(17)20/h8,10-11,14-15H,6-7,9H2,1-5H3. The summed E-state index contributed by atoms with van der Waals surface area (Å²) in [4.78, 5) is 0. The van der Waals surface area contributed by atoms with Gasteiger partial charge in [0, 0.05) is 5.38 Å². The zero-order chi connectivity index (χ0) is 15.1. The zero-order valence-electron chi connectivity index (χ0n) is 13.3. The minimum Gasteiger partial charge on any atom is -0.207 e. The van der Waals surface area contributed by atoms with E-state index in [-0.39, 0.29) is 16.6 Å². The monoisotopic (exact) mass is 296 g/mol. The summed E-state index contributed by atoms with van der Waals surface area (Å²) in [5, 5.41) is 0.147. The molecule has 0 heterocycles. The van der Waals surface area contributed by atoms with Crippen molar-refractivity contribution in [2.24, 2.45) is 11.8 Å². The first kappa shape index (κ1) is 15.8. The predicted octanol–water partition coefficient (Wildman–Crippen LogP) is 5.76. The number of alkyl halides is 1. The Labute approximate surface area is 127 Å². The summed E-state index contributed by atoms with van der Waals surface area (Å²) in [5.41, 5.74) is 2.68. The van der Waals surface area contributed by atoms with Gasteiger partial charge in [-0.3, -0.25) is 0 Å². The molecule has 112 valence electrons. The Bertz CT molecular complexity index is 469. The molecule has 1 aromatic carbocycles. The number of hydrogen-bond donors (Lipinski definition) is 0. The topological polar surface area (TPSA) is 0 Å². The number of halogens is 2. The lowest BCUT2D eigenvalue weighted by molar-refractivity contribution is 0.203. The van der Waals surface area contributed by atoms with Gasteiger partial charge in [-0.1, -0.05) is 33.3 Å². The summed E-state index contributed by atoms with van der Waals surface area (Å²) < 4.78 is 14.5. The summed E-state index contributed by atoms with van der Waals surface area (Å²) in [6, 6.07) is 3.73. The molecule has 0 saturated heterocycles. The molecule has 3 unspecified atom stereocenters. The molecular weight excluding hydrogens is 271 g/mol. The SMILES string of the molecule is Cc1cc(C)c(C(C)(C)C2CCC(C)CC2Cl)c(F)c1. The van der Waals surface area contributed by atoms with Gasteiger partial charge in [0.1, 0.15) is 5.82 Å². The second kappa shape index (κ2) is 5.67. The summed E-state index contributed by atoms with van der Waals surface area (Å²) >= 11 is 6.63. The largest absolute Gasteiger partial charge is 0.207 e. The molecule has 20 heavy (non-hydrogen) atoms. The van der Waals surface area contributed by atoms with Gasteiger partial charge in [0.25, 0.3) is 0 Å². The number of aryl methyl sites for hydroxylation is 2. The van der Waals surface area contributed by atoms with Gasteiger partial charge in [-0.05, 0) is 66.7 Å². The molecule has 2 heteroatoms. The van der Waals surface area contributed by atoms with E-state index in [4.69, 9.17) is 11.6 Å². The first-order valence-corrected chi connectivity index (χ1v) is 8.08. The van der Waals surface area contributed by atoms with Crippen LogP contribution in [0.3, 0.4) is 0 Å². The molecule has 0 nitrogen and oxygen atoms in total. The highest BCUT2D eigenvalue weighted by atomic mass is 35.5. The first-order valence-electron chi connectivity index (χ1n) is 7.64. The van der Waals surface area contributed by atoms with Crippen molar-refractivity contribution in [1.82, 2.24) is 0 Å². The second-order valence-corrected chi connectivity index (χ2v) is 7.76.